The van der Waals surface area contributed by atoms with E-state index in [1.165, 1.54) is 51.4 Å². The van der Waals surface area contributed by atoms with Gasteiger partial charge >= 0.3 is 0 Å². The van der Waals surface area contributed by atoms with Gasteiger partial charge in [-0.05, 0) is 58.4 Å². The van der Waals surface area contributed by atoms with Crippen molar-refractivity contribution in [3.63, 3.8) is 0 Å². The molecule has 11 nitrogen and oxygen atoms in total. The first-order valence-electron chi connectivity index (χ1n) is 15.7. The molecule has 6 rings (SSSR count). The lowest BCUT2D eigenvalue weighted by Crippen LogP contribution is -2.30. The van der Waals surface area contributed by atoms with Gasteiger partial charge in [0.15, 0.2) is 0 Å². The third-order valence-electron chi connectivity index (χ3n) is 8.64. The number of hydrogen-bond donors (Lipinski definition) is 2. The molecule has 40 heavy (non-hydrogen) atoms. The number of nitrogens with zero attached hydrogens (tertiary/aromatic N) is 9. The van der Waals surface area contributed by atoms with Crippen LogP contribution in [0.15, 0.2) is 12.1 Å². The van der Waals surface area contributed by atoms with Crippen LogP contribution >= 0.6 is 0 Å². The molecule has 2 aromatic heterocycles. The highest BCUT2D eigenvalue weighted by molar-refractivity contribution is 5.56. The topological polar surface area (TPSA) is 91.8 Å². The van der Waals surface area contributed by atoms with Crippen LogP contribution in [0.3, 0.4) is 0 Å². The highest BCUT2D eigenvalue weighted by Crippen LogP contribution is 2.27. The smallest absolute Gasteiger partial charge is 0.229 e. The Labute approximate surface area is 239 Å². The van der Waals surface area contributed by atoms with Crippen molar-refractivity contribution in [3.8, 4) is 0 Å². The first kappa shape index (κ1) is 27.1. The van der Waals surface area contributed by atoms with Crippen molar-refractivity contribution in [2.45, 2.75) is 51.4 Å². The van der Waals surface area contributed by atoms with E-state index in [2.05, 4.69) is 54.3 Å². The van der Waals surface area contributed by atoms with E-state index in [0.717, 1.165) is 114 Å². The van der Waals surface area contributed by atoms with Gasteiger partial charge in [0.05, 0.1) is 0 Å². The minimum Gasteiger partial charge on any atom is -0.369 e. The van der Waals surface area contributed by atoms with Crippen LogP contribution in [0, 0.1) is 0 Å². The molecule has 0 aromatic carbocycles. The van der Waals surface area contributed by atoms with Crippen molar-refractivity contribution in [2.75, 3.05) is 116 Å². The second-order valence-electron chi connectivity index (χ2n) is 11.8. The number of aromatic nitrogens is 4. The molecule has 4 saturated heterocycles. The lowest BCUT2D eigenvalue weighted by molar-refractivity contribution is 0.360. The third-order valence-corrected chi connectivity index (χ3v) is 8.64. The highest BCUT2D eigenvalue weighted by Gasteiger charge is 2.22. The van der Waals surface area contributed by atoms with Crippen LogP contribution in [-0.2, 0) is 0 Å². The molecule has 0 unspecified atom stereocenters. The molecule has 0 atom stereocenters. The van der Waals surface area contributed by atoms with E-state index in [1.807, 2.05) is 0 Å². The summed E-state index contributed by atoms with van der Waals surface area (Å²) in [5.74, 6) is 5.79. The predicted molar refractivity (Wildman–Crippen MR) is 164 cm³/mol. The number of likely N-dealkylation sites (N-methyl/N-ethyl adjacent to an activating group) is 1. The molecule has 6 heterocycles. The zero-order valence-electron chi connectivity index (χ0n) is 24.3. The molecule has 0 bridgehead atoms. The van der Waals surface area contributed by atoms with Gasteiger partial charge in [-0.2, -0.15) is 19.9 Å². The Morgan fingerprint density at radius 1 is 0.550 bits per heavy atom. The standard InChI is InChI=1S/C29H47N11/c1-36(20-10-30-24-22-26(37-12-2-3-13-37)34-28(32-24)39-16-6-7-17-39)21-11-31-25-23-27(38-14-4-5-15-38)35-29(33-25)40-18-8-9-19-40/h22-23H,2-21H2,1H3,(H,30,32,34)(H,31,33,35). The number of rotatable bonds is 12. The second-order valence-corrected chi connectivity index (χ2v) is 11.8. The lowest BCUT2D eigenvalue weighted by Gasteiger charge is -2.23. The fourth-order valence-electron chi connectivity index (χ4n) is 6.22. The molecule has 2 aromatic rings. The summed E-state index contributed by atoms with van der Waals surface area (Å²) in [4.78, 5) is 31.5. The normalized spacial score (nSPS) is 19.4. The number of hydrogen-bond acceptors (Lipinski definition) is 11. The fraction of sp³-hybridized carbons (Fsp3) is 0.724. The summed E-state index contributed by atoms with van der Waals surface area (Å²) >= 11 is 0. The van der Waals surface area contributed by atoms with Crippen LogP contribution in [0.1, 0.15) is 51.4 Å². The van der Waals surface area contributed by atoms with Crippen molar-refractivity contribution in [3.05, 3.63) is 12.1 Å². The first-order valence-corrected chi connectivity index (χ1v) is 15.7. The summed E-state index contributed by atoms with van der Waals surface area (Å²) in [6.07, 6.45) is 9.91. The van der Waals surface area contributed by atoms with Crippen molar-refractivity contribution in [2.24, 2.45) is 0 Å². The van der Waals surface area contributed by atoms with E-state index in [1.54, 1.807) is 0 Å². The Morgan fingerprint density at radius 3 is 1.27 bits per heavy atom. The van der Waals surface area contributed by atoms with Crippen LogP contribution < -0.4 is 30.2 Å². The predicted octanol–water partition coefficient (Wildman–Crippen LogP) is 3.12. The molecule has 0 radical (unpaired) electrons. The molecule has 2 N–H and O–H groups in total. The Morgan fingerprint density at radius 2 is 0.900 bits per heavy atom. The summed E-state index contributed by atoms with van der Waals surface area (Å²) < 4.78 is 0. The Bertz CT molecular complexity index is 933. The van der Waals surface area contributed by atoms with Gasteiger partial charge < -0.3 is 35.1 Å². The van der Waals surface area contributed by atoms with Crippen LogP contribution in [0.5, 0.6) is 0 Å². The molecule has 0 saturated carbocycles. The fourth-order valence-corrected chi connectivity index (χ4v) is 6.22. The van der Waals surface area contributed by atoms with E-state index in [0.29, 0.717) is 0 Å². The first-order chi connectivity index (χ1) is 19.7. The molecule has 0 amide bonds. The monoisotopic (exact) mass is 549 g/mol. The highest BCUT2D eigenvalue weighted by atomic mass is 15.3. The maximum absolute atomic E-state index is 4.94. The summed E-state index contributed by atoms with van der Waals surface area (Å²) in [6, 6.07) is 4.27. The van der Waals surface area contributed by atoms with E-state index in [9.17, 15) is 0 Å². The summed E-state index contributed by atoms with van der Waals surface area (Å²) in [7, 11) is 2.18. The van der Waals surface area contributed by atoms with Gasteiger partial charge in [-0.3, -0.25) is 0 Å². The summed E-state index contributed by atoms with van der Waals surface area (Å²) in [6.45, 7) is 12.2. The SMILES string of the molecule is CN(CCNc1cc(N2CCCC2)nc(N2CCCC2)n1)CCNc1cc(N2CCCC2)nc(N2CCCC2)n1. The van der Waals surface area contributed by atoms with Crippen LogP contribution in [-0.4, -0.2) is 110 Å². The lowest BCUT2D eigenvalue weighted by atomic mass is 10.4. The Balaban J connectivity index is 1.01. The average Bonchev–Trinajstić information content (AvgIpc) is 3.79. The van der Waals surface area contributed by atoms with Crippen molar-refractivity contribution < 1.29 is 0 Å². The maximum Gasteiger partial charge on any atom is 0.229 e. The van der Waals surface area contributed by atoms with Crippen molar-refractivity contribution in [1.82, 2.24) is 24.8 Å². The molecule has 0 spiro atoms. The largest absolute Gasteiger partial charge is 0.369 e. The molecule has 11 heteroatoms. The summed E-state index contributed by atoms with van der Waals surface area (Å²) in [5.41, 5.74) is 0. The minimum absolute atomic E-state index is 0.845. The second kappa shape index (κ2) is 13.1. The average molecular weight is 550 g/mol. The van der Waals surface area contributed by atoms with Gasteiger partial charge in [-0.25, -0.2) is 0 Å². The van der Waals surface area contributed by atoms with E-state index < -0.39 is 0 Å². The Hall–Kier alpha value is -3.08. The van der Waals surface area contributed by atoms with Crippen LogP contribution in [0.25, 0.3) is 0 Å². The molecular weight excluding hydrogens is 502 g/mol. The third kappa shape index (κ3) is 6.79. The van der Waals surface area contributed by atoms with Gasteiger partial charge in [0, 0.05) is 90.7 Å². The van der Waals surface area contributed by atoms with Gasteiger partial charge in [-0.15, -0.1) is 0 Å². The van der Waals surface area contributed by atoms with Crippen LogP contribution in [0.2, 0.25) is 0 Å². The molecule has 0 aliphatic carbocycles. The van der Waals surface area contributed by atoms with Crippen LogP contribution in [0.4, 0.5) is 35.2 Å². The molecule has 4 fully saturated rings. The number of anilines is 6. The van der Waals surface area contributed by atoms with Gasteiger partial charge in [0.2, 0.25) is 11.9 Å². The van der Waals surface area contributed by atoms with E-state index in [4.69, 9.17) is 19.9 Å². The van der Waals surface area contributed by atoms with Gasteiger partial charge in [0.1, 0.15) is 23.3 Å². The van der Waals surface area contributed by atoms with E-state index in [-0.39, 0.29) is 0 Å². The summed E-state index contributed by atoms with van der Waals surface area (Å²) in [5, 5.41) is 7.18. The van der Waals surface area contributed by atoms with Crippen molar-refractivity contribution in [1.29, 1.82) is 0 Å². The van der Waals surface area contributed by atoms with Crippen molar-refractivity contribution >= 4 is 35.2 Å². The Kier molecular flexibility index (Phi) is 8.85. The quantitative estimate of drug-likeness (QED) is 0.409. The molecule has 4 aliphatic rings. The van der Waals surface area contributed by atoms with Gasteiger partial charge in [-0.1, -0.05) is 0 Å². The van der Waals surface area contributed by atoms with E-state index >= 15 is 0 Å². The molecule has 4 aliphatic heterocycles. The number of nitrogens with one attached hydrogen (secondary N) is 2. The maximum atomic E-state index is 4.94. The molecule has 218 valence electrons. The van der Waals surface area contributed by atoms with Gasteiger partial charge in [0.25, 0.3) is 0 Å². The zero-order valence-corrected chi connectivity index (χ0v) is 24.3. The minimum atomic E-state index is 0.845. The zero-order chi connectivity index (χ0) is 27.1. The molecular formula is C29H47N11.